The van der Waals surface area contributed by atoms with Crippen molar-refractivity contribution in [3.05, 3.63) is 0 Å². The molecule has 4 atom stereocenters. The molecule has 1 N–H and O–H groups in total. The van der Waals surface area contributed by atoms with E-state index in [1.165, 1.54) is 12.8 Å². The van der Waals surface area contributed by atoms with Crippen molar-refractivity contribution in [2.24, 2.45) is 65.1 Å². The Hall–Kier alpha value is -1.47. The average Bonchev–Trinajstić information content (AvgIpc) is 3.20. The van der Waals surface area contributed by atoms with E-state index in [4.69, 9.17) is 14.2 Å². The van der Waals surface area contributed by atoms with Crippen LogP contribution in [0.5, 0.6) is 0 Å². The minimum Gasteiger partial charge on any atom is -0.459 e. The zero-order chi connectivity index (χ0) is 28.0. The molecule has 270 valence electrons. The molecule has 8 bridgehead atoms. The zero-order valence-electron chi connectivity index (χ0n) is 24.5. The quantitative estimate of drug-likeness (QED) is 0.151. The van der Waals surface area contributed by atoms with E-state index in [1.54, 1.807) is 13.8 Å². The Morgan fingerprint density at radius 1 is 0.739 bits per heavy atom. The number of esters is 3. The molecule has 46 heavy (non-hydrogen) atoms. The molecule has 9 fully saturated rings. The second-order valence-corrected chi connectivity index (χ2v) is 15.5. The highest BCUT2D eigenvalue weighted by molar-refractivity contribution is 5.99. The number of aliphatic hydroxyl groups is 1. The number of carbonyl (C=O) groups excluding carboxylic acids is 3. The van der Waals surface area contributed by atoms with E-state index in [1.807, 2.05) is 0 Å². The molecule has 0 spiro atoms. The van der Waals surface area contributed by atoms with Crippen LogP contribution in [0.3, 0.4) is 0 Å². The highest BCUT2D eigenvalue weighted by Gasteiger charge is 2.59. The number of ether oxygens (including phenoxy) is 3. The molecular formula is C39H72O7. The molecular weight excluding hydrogens is 580 g/mol. The first-order valence-corrected chi connectivity index (χ1v) is 16.4. The van der Waals surface area contributed by atoms with Gasteiger partial charge in [0.1, 0.15) is 5.60 Å². The molecule has 7 heteroatoms. The third kappa shape index (κ3) is 6.84. The largest absolute Gasteiger partial charge is 0.459 e. The number of hydrogen-bond acceptors (Lipinski definition) is 7. The normalized spacial score (nSPS) is 43.3. The summed E-state index contributed by atoms with van der Waals surface area (Å²) >= 11 is 0. The number of cyclic esters (lactones) is 2. The molecule has 8 saturated carbocycles. The Balaban J connectivity index is 0.00000176. The molecule has 0 aromatic heterocycles. The van der Waals surface area contributed by atoms with Crippen molar-refractivity contribution in [3.8, 4) is 0 Å². The van der Waals surface area contributed by atoms with Crippen LogP contribution in [0.2, 0.25) is 0 Å². The molecule has 0 amide bonds. The molecule has 7 nitrogen and oxygen atoms in total. The second-order valence-electron chi connectivity index (χ2n) is 15.5. The summed E-state index contributed by atoms with van der Waals surface area (Å²) in [5, 5.41) is 11.6. The molecule has 1 heterocycles. The lowest BCUT2D eigenvalue weighted by atomic mass is 9.49. The topological polar surface area (TPSA) is 99.1 Å². The van der Waals surface area contributed by atoms with Gasteiger partial charge in [0, 0.05) is 6.61 Å². The van der Waals surface area contributed by atoms with Crippen molar-refractivity contribution in [2.75, 3.05) is 6.61 Å². The molecule has 4 unspecified atom stereocenters. The van der Waals surface area contributed by atoms with Gasteiger partial charge in [-0.05, 0) is 138 Å². The first-order chi connectivity index (χ1) is 19.0. The molecule has 1 saturated heterocycles. The number of rotatable bonds is 9. The smallest absolute Gasteiger partial charge is 0.320 e. The van der Waals surface area contributed by atoms with Crippen molar-refractivity contribution in [1.82, 2.24) is 0 Å². The number of hydrogen-bond donors (Lipinski definition) is 1. The Kier molecular flexibility index (Phi) is 14.2. The lowest BCUT2D eigenvalue weighted by Crippen LogP contribution is -2.58. The van der Waals surface area contributed by atoms with Gasteiger partial charge in [0.25, 0.3) is 0 Å². The van der Waals surface area contributed by atoms with E-state index >= 15 is 0 Å². The van der Waals surface area contributed by atoms with Crippen LogP contribution in [-0.4, -0.2) is 46.9 Å². The van der Waals surface area contributed by atoms with Crippen LogP contribution >= 0.6 is 0 Å². The number of carbonyl (C=O) groups is 3. The Morgan fingerprint density at radius 3 is 1.61 bits per heavy atom. The Labute approximate surface area is 282 Å². The highest BCUT2D eigenvalue weighted by atomic mass is 16.6. The monoisotopic (exact) mass is 653 g/mol. The standard InChI is InChI=1S/C33H48O7.6CH4/c1-17(29(34)40-32(3)23-9-19-7-20(11-23)12-24(32)10-19)27-28(31(36)39-30(27)35)18(2)38-6-4-5-33(37)25-13-21-8-22(15-25)16-26(33)14-21;;;;;;/h17-28,37H,4-16H2,1-3H3;6*1H4. The summed E-state index contributed by atoms with van der Waals surface area (Å²) in [7, 11) is 0. The van der Waals surface area contributed by atoms with Gasteiger partial charge in [-0.15, -0.1) is 0 Å². The van der Waals surface area contributed by atoms with Crippen molar-refractivity contribution in [3.63, 3.8) is 0 Å². The van der Waals surface area contributed by atoms with Gasteiger partial charge in [-0.25, -0.2) is 0 Å². The van der Waals surface area contributed by atoms with Crippen LogP contribution in [-0.2, 0) is 28.6 Å². The van der Waals surface area contributed by atoms with E-state index < -0.39 is 53.0 Å². The van der Waals surface area contributed by atoms with Crippen molar-refractivity contribution in [2.45, 2.75) is 160 Å². The summed E-state index contributed by atoms with van der Waals surface area (Å²) in [6.07, 6.45) is 12.7. The zero-order valence-corrected chi connectivity index (χ0v) is 24.5. The van der Waals surface area contributed by atoms with Gasteiger partial charge >= 0.3 is 17.9 Å². The highest BCUT2D eigenvalue weighted by Crippen LogP contribution is 2.61. The predicted octanol–water partition coefficient (Wildman–Crippen LogP) is 8.89. The molecule has 0 aromatic rings. The van der Waals surface area contributed by atoms with Gasteiger partial charge in [-0.1, -0.05) is 51.5 Å². The lowest BCUT2D eigenvalue weighted by Gasteiger charge is -2.59. The fourth-order valence-electron chi connectivity index (χ4n) is 11.4. The predicted molar refractivity (Wildman–Crippen MR) is 186 cm³/mol. The van der Waals surface area contributed by atoms with Crippen LogP contribution in [0.1, 0.15) is 142 Å². The minimum absolute atomic E-state index is 0. The fraction of sp³-hybridized carbons (Fsp3) is 0.923. The molecule has 1 aliphatic heterocycles. The third-order valence-corrected chi connectivity index (χ3v) is 13.3. The van der Waals surface area contributed by atoms with Crippen molar-refractivity contribution < 1.29 is 33.7 Å². The summed E-state index contributed by atoms with van der Waals surface area (Å²) in [5.74, 6) is 0.589. The second kappa shape index (κ2) is 15.4. The van der Waals surface area contributed by atoms with Gasteiger partial charge < -0.3 is 19.3 Å². The van der Waals surface area contributed by atoms with Crippen LogP contribution < -0.4 is 0 Å². The van der Waals surface area contributed by atoms with Gasteiger partial charge in [0.05, 0.1) is 29.5 Å². The molecule has 9 rings (SSSR count). The maximum atomic E-state index is 13.5. The molecule has 8 aliphatic carbocycles. The third-order valence-electron chi connectivity index (χ3n) is 13.3. The van der Waals surface area contributed by atoms with Gasteiger partial charge in [-0.3, -0.25) is 14.4 Å². The first kappa shape index (κ1) is 42.6. The van der Waals surface area contributed by atoms with E-state index in [9.17, 15) is 19.5 Å². The van der Waals surface area contributed by atoms with Crippen molar-refractivity contribution in [1.29, 1.82) is 0 Å². The molecule has 0 radical (unpaired) electrons. The van der Waals surface area contributed by atoms with E-state index in [2.05, 4.69) is 6.92 Å². The Morgan fingerprint density at radius 2 is 1.15 bits per heavy atom. The van der Waals surface area contributed by atoms with Gasteiger partial charge in [-0.2, -0.15) is 0 Å². The van der Waals surface area contributed by atoms with Crippen molar-refractivity contribution >= 4 is 17.9 Å². The average molecular weight is 653 g/mol. The summed E-state index contributed by atoms with van der Waals surface area (Å²) < 4.78 is 17.5. The maximum absolute atomic E-state index is 13.5. The summed E-state index contributed by atoms with van der Waals surface area (Å²) in [6, 6.07) is 0. The van der Waals surface area contributed by atoms with E-state index in [-0.39, 0.29) is 44.6 Å². The minimum atomic E-state index is -0.899. The molecule has 0 aromatic carbocycles. The van der Waals surface area contributed by atoms with Crippen LogP contribution in [0.25, 0.3) is 0 Å². The van der Waals surface area contributed by atoms with Crippen LogP contribution in [0, 0.1) is 65.1 Å². The lowest BCUT2D eigenvalue weighted by molar-refractivity contribution is -0.208. The van der Waals surface area contributed by atoms with Crippen LogP contribution in [0.4, 0.5) is 0 Å². The van der Waals surface area contributed by atoms with Gasteiger partial charge in [0.15, 0.2) is 0 Å². The maximum Gasteiger partial charge on any atom is 0.320 e. The summed E-state index contributed by atoms with van der Waals surface area (Å²) in [4.78, 5) is 39.2. The Bertz CT molecular complexity index is 995. The SMILES string of the molecule is C.C.C.C.C.C.CC(OCCCC1(O)C2CC3CC(C2)CC1C3)C1C(=O)OC(=O)C1C(C)C(=O)OC1(C)C2CC3CC(C2)CC1C3. The summed E-state index contributed by atoms with van der Waals surface area (Å²) in [6.45, 7) is 6.01. The fourth-order valence-corrected chi connectivity index (χ4v) is 11.4. The van der Waals surface area contributed by atoms with Crippen LogP contribution in [0.15, 0.2) is 0 Å². The van der Waals surface area contributed by atoms with Gasteiger partial charge in [0.2, 0.25) is 0 Å². The van der Waals surface area contributed by atoms with E-state index in [0.717, 1.165) is 81.5 Å². The van der Waals surface area contributed by atoms with E-state index in [0.29, 0.717) is 36.7 Å². The first-order valence-electron chi connectivity index (χ1n) is 16.4. The summed E-state index contributed by atoms with van der Waals surface area (Å²) in [5.41, 5.74) is -1.07. The molecule has 9 aliphatic rings.